The summed E-state index contributed by atoms with van der Waals surface area (Å²) in [6.07, 6.45) is 4.69. The van der Waals surface area contributed by atoms with Crippen LogP contribution in [-0.4, -0.2) is 32.3 Å². The van der Waals surface area contributed by atoms with E-state index in [0.29, 0.717) is 42.6 Å². The molecule has 0 saturated heterocycles. The number of aromatic nitrogens is 4. The summed E-state index contributed by atoms with van der Waals surface area (Å²) in [4.78, 5) is 44.9. The normalized spacial score (nSPS) is 13.0. The minimum Gasteiger partial charge on any atom is -0.465 e. The highest BCUT2D eigenvalue weighted by Crippen LogP contribution is 2.30. The van der Waals surface area contributed by atoms with Crippen molar-refractivity contribution in [1.29, 1.82) is 0 Å². The van der Waals surface area contributed by atoms with Crippen molar-refractivity contribution >= 4 is 5.97 Å². The number of rotatable bonds is 11. The summed E-state index contributed by atoms with van der Waals surface area (Å²) in [5.41, 5.74) is 4.28. The number of aromatic amines is 1. The van der Waals surface area contributed by atoms with E-state index in [-0.39, 0.29) is 17.9 Å². The molecular weight excluding hydrogens is 496 g/mol. The van der Waals surface area contributed by atoms with Crippen LogP contribution in [0.25, 0.3) is 22.5 Å². The van der Waals surface area contributed by atoms with Gasteiger partial charge in [0.2, 0.25) is 0 Å². The standard InChI is InChI=1S/C30H32N4O5/c1-3-4-9-26-31-19(2)25(16-27(35)38-18-21-10-11-21)29(36)34(26)17-20-12-14-22(15-13-20)23-7-5-6-8-24(23)28-32-30(37)39-33-28/h5-8,12-15,21H,3-4,9-11,16-18H2,1-2H3,(H,32,33,37). The lowest BCUT2D eigenvalue weighted by atomic mass is 9.98. The summed E-state index contributed by atoms with van der Waals surface area (Å²) in [5.74, 6) is 0.559. The number of nitrogens with zero attached hydrogens (tertiary/aromatic N) is 3. The molecular formula is C30H32N4O5. The van der Waals surface area contributed by atoms with Gasteiger partial charge in [0, 0.05) is 23.2 Å². The van der Waals surface area contributed by atoms with E-state index in [9.17, 15) is 14.4 Å². The summed E-state index contributed by atoms with van der Waals surface area (Å²) < 4.78 is 11.8. The molecule has 1 aliphatic carbocycles. The van der Waals surface area contributed by atoms with Crippen LogP contribution < -0.4 is 11.3 Å². The Labute approximate surface area is 225 Å². The zero-order chi connectivity index (χ0) is 27.4. The van der Waals surface area contributed by atoms with E-state index in [2.05, 4.69) is 21.6 Å². The van der Waals surface area contributed by atoms with E-state index >= 15 is 0 Å². The Morgan fingerprint density at radius 2 is 1.85 bits per heavy atom. The average molecular weight is 529 g/mol. The van der Waals surface area contributed by atoms with Crippen molar-refractivity contribution in [3.63, 3.8) is 0 Å². The molecule has 0 bridgehead atoms. The Bertz CT molecular complexity index is 1580. The van der Waals surface area contributed by atoms with Crippen LogP contribution in [0.3, 0.4) is 0 Å². The fourth-order valence-corrected chi connectivity index (χ4v) is 4.60. The number of esters is 1. The molecule has 0 spiro atoms. The van der Waals surface area contributed by atoms with Crippen LogP contribution in [0, 0.1) is 12.8 Å². The van der Waals surface area contributed by atoms with Gasteiger partial charge in [-0.3, -0.25) is 23.7 Å². The number of hydrogen-bond acceptors (Lipinski definition) is 7. The molecule has 1 N–H and O–H groups in total. The SMILES string of the molecule is CCCCc1nc(C)c(CC(=O)OCC2CC2)c(=O)n1Cc1ccc(-c2ccccc2-c2noc(=O)[nH]2)cc1. The molecule has 39 heavy (non-hydrogen) atoms. The third-order valence-electron chi connectivity index (χ3n) is 7.03. The molecule has 1 saturated carbocycles. The van der Waals surface area contributed by atoms with Crippen molar-refractivity contribution < 1.29 is 14.1 Å². The molecule has 0 aliphatic heterocycles. The van der Waals surface area contributed by atoms with Gasteiger partial charge in [0.15, 0.2) is 5.82 Å². The second-order valence-electron chi connectivity index (χ2n) is 10.1. The molecule has 9 heteroatoms. The van der Waals surface area contributed by atoms with Gasteiger partial charge < -0.3 is 4.74 Å². The van der Waals surface area contributed by atoms with Crippen LogP contribution in [0.2, 0.25) is 0 Å². The van der Waals surface area contributed by atoms with Gasteiger partial charge in [-0.2, -0.15) is 0 Å². The summed E-state index contributed by atoms with van der Waals surface area (Å²) in [6, 6.07) is 15.5. The highest BCUT2D eigenvalue weighted by atomic mass is 16.5. The molecule has 0 amide bonds. The van der Waals surface area contributed by atoms with Gasteiger partial charge in [-0.05, 0) is 48.8 Å². The van der Waals surface area contributed by atoms with E-state index in [1.54, 1.807) is 11.5 Å². The van der Waals surface area contributed by atoms with Crippen LogP contribution in [0.1, 0.15) is 55.3 Å². The molecule has 0 radical (unpaired) electrons. The minimum absolute atomic E-state index is 0.0711. The molecule has 5 rings (SSSR count). The fraction of sp³-hybridized carbons (Fsp3) is 0.367. The number of ether oxygens (including phenoxy) is 1. The number of aryl methyl sites for hydroxylation is 2. The summed E-state index contributed by atoms with van der Waals surface area (Å²) in [5, 5.41) is 3.83. The van der Waals surface area contributed by atoms with Gasteiger partial charge in [0.1, 0.15) is 5.82 Å². The Balaban J connectivity index is 1.42. The van der Waals surface area contributed by atoms with Crippen LogP contribution in [0.5, 0.6) is 0 Å². The average Bonchev–Trinajstić information content (AvgIpc) is 3.68. The lowest BCUT2D eigenvalue weighted by Gasteiger charge is -2.16. The first-order valence-corrected chi connectivity index (χ1v) is 13.4. The summed E-state index contributed by atoms with van der Waals surface area (Å²) in [6.45, 7) is 4.66. The van der Waals surface area contributed by atoms with Crippen molar-refractivity contribution in [2.75, 3.05) is 6.61 Å². The predicted molar refractivity (Wildman–Crippen MR) is 146 cm³/mol. The number of benzene rings is 2. The summed E-state index contributed by atoms with van der Waals surface area (Å²) in [7, 11) is 0. The third kappa shape index (κ3) is 6.25. The van der Waals surface area contributed by atoms with Gasteiger partial charge in [-0.1, -0.05) is 67.0 Å². The van der Waals surface area contributed by atoms with E-state index in [1.807, 2.05) is 48.5 Å². The number of hydrogen-bond donors (Lipinski definition) is 1. The first kappa shape index (κ1) is 26.3. The van der Waals surface area contributed by atoms with Crippen LogP contribution in [-0.2, 0) is 28.9 Å². The molecule has 2 heterocycles. The second-order valence-corrected chi connectivity index (χ2v) is 10.1. The Hall–Kier alpha value is -4.27. The molecule has 1 fully saturated rings. The molecule has 0 atom stereocenters. The van der Waals surface area contributed by atoms with Crippen molar-refractivity contribution in [3.8, 4) is 22.5 Å². The molecule has 2 aromatic heterocycles. The van der Waals surface area contributed by atoms with E-state index in [4.69, 9.17) is 9.72 Å². The van der Waals surface area contributed by atoms with Gasteiger partial charge in [0.05, 0.1) is 19.6 Å². The number of nitrogens with one attached hydrogen (secondary N) is 1. The molecule has 4 aromatic rings. The maximum Gasteiger partial charge on any atom is 0.439 e. The summed E-state index contributed by atoms with van der Waals surface area (Å²) >= 11 is 0. The molecule has 2 aromatic carbocycles. The lowest BCUT2D eigenvalue weighted by Crippen LogP contribution is -2.31. The van der Waals surface area contributed by atoms with Gasteiger partial charge in [0.25, 0.3) is 5.56 Å². The Morgan fingerprint density at radius 1 is 1.10 bits per heavy atom. The maximum absolute atomic E-state index is 13.6. The zero-order valence-corrected chi connectivity index (χ0v) is 22.2. The molecule has 202 valence electrons. The first-order chi connectivity index (χ1) is 18.9. The third-order valence-corrected chi connectivity index (χ3v) is 7.03. The van der Waals surface area contributed by atoms with Crippen molar-refractivity contribution in [2.24, 2.45) is 5.92 Å². The predicted octanol–water partition coefficient (Wildman–Crippen LogP) is 4.45. The minimum atomic E-state index is -0.610. The lowest BCUT2D eigenvalue weighted by molar-refractivity contribution is -0.143. The largest absolute Gasteiger partial charge is 0.465 e. The van der Waals surface area contributed by atoms with Crippen molar-refractivity contribution in [1.82, 2.24) is 19.7 Å². The number of unbranched alkanes of at least 4 members (excludes halogenated alkanes) is 1. The first-order valence-electron chi connectivity index (χ1n) is 13.4. The Kier molecular flexibility index (Phi) is 7.86. The van der Waals surface area contributed by atoms with Crippen molar-refractivity contribution in [3.05, 3.63) is 92.1 Å². The number of carbonyl (C=O) groups is 1. The molecule has 9 nitrogen and oxygen atoms in total. The van der Waals surface area contributed by atoms with E-state index < -0.39 is 5.76 Å². The second kappa shape index (κ2) is 11.6. The topological polar surface area (TPSA) is 120 Å². The highest BCUT2D eigenvalue weighted by molar-refractivity contribution is 5.80. The maximum atomic E-state index is 13.6. The van der Waals surface area contributed by atoms with Crippen LogP contribution >= 0.6 is 0 Å². The Morgan fingerprint density at radius 3 is 2.51 bits per heavy atom. The number of carbonyl (C=O) groups excluding carboxylic acids is 1. The quantitative estimate of drug-likeness (QED) is 0.286. The van der Waals surface area contributed by atoms with Crippen molar-refractivity contribution in [2.45, 2.75) is 58.9 Å². The van der Waals surface area contributed by atoms with E-state index in [0.717, 1.165) is 53.8 Å². The monoisotopic (exact) mass is 528 g/mol. The van der Waals surface area contributed by atoms with Crippen LogP contribution in [0.15, 0.2) is 62.6 Å². The molecule has 1 aliphatic rings. The van der Waals surface area contributed by atoms with Gasteiger partial charge >= 0.3 is 11.7 Å². The smallest absolute Gasteiger partial charge is 0.439 e. The van der Waals surface area contributed by atoms with E-state index in [1.165, 1.54) is 0 Å². The van der Waals surface area contributed by atoms with Gasteiger partial charge in [-0.25, -0.2) is 9.78 Å². The molecule has 0 unspecified atom stereocenters. The van der Waals surface area contributed by atoms with Gasteiger partial charge in [-0.15, -0.1) is 0 Å². The number of H-pyrrole nitrogens is 1. The van der Waals surface area contributed by atoms with Crippen LogP contribution in [0.4, 0.5) is 0 Å². The zero-order valence-electron chi connectivity index (χ0n) is 22.2. The fourth-order valence-electron chi connectivity index (χ4n) is 4.60. The highest BCUT2D eigenvalue weighted by Gasteiger charge is 2.24.